The van der Waals surface area contributed by atoms with Crippen LogP contribution >= 0.6 is 0 Å². The first-order valence-corrected chi connectivity index (χ1v) is 5.95. The van der Waals surface area contributed by atoms with Crippen LogP contribution in [0.1, 0.15) is 15.9 Å². The van der Waals surface area contributed by atoms with Crippen molar-refractivity contribution < 1.29 is 9.59 Å². The van der Waals surface area contributed by atoms with Crippen LogP contribution in [-0.4, -0.2) is 21.8 Å². The number of nitrogens with zero attached hydrogens (tertiary/aromatic N) is 2. The predicted octanol–water partition coefficient (Wildman–Crippen LogP) is 2.76. The average Bonchev–Trinajstić information content (AvgIpc) is 2.89. The fourth-order valence-corrected chi connectivity index (χ4v) is 1.99. The van der Waals surface area contributed by atoms with Crippen LogP contribution in [0.2, 0.25) is 0 Å². The van der Waals surface area contributed by atoms with Crippen molar-refractivity contribution in [1.82, 2.24) is 9.97 Å². The van der Waals surface area contributed by atoms with Gasteiger partial charge in [0.1, 0.15) is 0 Å². The fourth-order valence-electron chi connectivity index (χ4n) is 1.99. The summed E-state index contributed by atoms with van der Waals surface area (Å²) in [4.78, 5) is 32.9. The van der Waals surface area contributed by atoms with E-state index in [0.29, 0.717) is 22.2 Å². The van der Waals surface area contributed by atoms with Gasteiger partial charge in [-0.1, -0.05) is 30.3 Å². The highest BCUT2D eigenvalue weighted by atomic mass is 16.1. The molecule has 0 amide bonds. The van der Waals surface area contributed by atoms with Crippen molar-refractivity contribution in [2.24, 2.45) is 4.99 Å². The largest absolute Gasteiger partial charge is 0.322 e. The first-order valence-electron chi connectivity index (χ1n) is 5.95. The fraction of sp³-hybridized carbons (Fsp3) is 0. The molecule has 3 aromatic rings. The summed E-state index contributed by atoms with van der Waals surface area (Å²) in [5.41, 5.74) is 2.47. The standard InChI is InChI=1S/C15H9N3O2/c19-9-16-15-17-12-7-6-11(8-13(12)18-15)14(20)10-4-2-1-3-5-10/h1-8H,(H,17,18). The lowest BCUT2D eigenvalue weighted by Crippen LogP contribution is -2.00. The number of H-pyrrole nitrogens is 1. The Hall–Kier alpha value is -3.04. The lowest BCUT2D eigenvalue weighted by Gasteiger charge is -2.00. The highest BCUT2D eigenvalue weighted by molar-refractivity contribution is 6.10. The summed E-state index contributed by atoms with van der Waals surface area (Å²) in [5.74, 6) is 0.113. The van der Waals surface area contributed by atoms with Gasteiger partial charge < -0.3 is 4.98 Å². The first-order chi connectivity index (χ1) is 9.78. The molecule has 0 unspecified atom stereocenters. The number of isocyanates is 1. The number of fused-ring (bicyclic) bond motifs is 1. The third-order valence-electron chi connectivity index (χ3n) is 2.92. The minimum absolute atomic E-state index is 0.0671. The Balaban J connectivity index is 2.04. The normalized spacial score (nSPS) is 10.2. The van der Waals surface area contributed by atoms with E-state index in [1.165, 1.54) is 6.08 Å². The monoisotopic (exact) mass is 263 g/mol. The number of aromatic amines is 1. The van der Waals surface area contributed by atoms with Crippen LogP contribution in [-0.2, 0) is 4.79 Å². The Morgan fingerprint density at radius 1 is 1.10 bits per heavy atom. The van der Waals surface area contributed by atoms with Gasteiger partial charge >= 0.3 is 0 Å². The lowest BCUT2D eigenvalue weighted by atomic mass is 10.0. The molecule has 1 aromatic heterocycles. The van der Waals surface area contributed by atoms with Gasteiger partial charge in [-0.2, -0.15) is 0 Å². The Kier molecular flexibility index (Phi) is 2.95. The molecule has 0 aliphatic heterocycles. The number of benzene rings is 2. The molecule has 5 nitrogen and oxygen atoms in total. The molecule has 0 saturated heterocycles. The summed E-state index contributed by atoms with van der Waals surface area (Å²) in [6.07, 6.45) is 1.42. The van der Waals surface area contributed by atoms with E-state index in [-0.39, 0.29) is 11.7 Å². The van der Waals surface area contributed by atoms with Crippen LogP contribution in [0.3, 0.4) is 0 Å². The molecule has 0 saturated carbocycles. The van der Waals surface area contributed by atoms with E-state index in [9.17, 15) is 9.59 Å². The van der Waals surface area contributed by atoms with Crippen molar-refractivity contribution in [2.75, 3.05) is 0 Å². The van der Waals surface area contributed by atoms with Gasteiger partial charge in [0.05, 0.1) is 11.0 Å². The topological polar surface area (TPSA) is 75.2 Å². The molecule has 3 rings (SSSR count). The first kappa shape index (κ1) is 12.0. The molecule has 20 heavy (non-hydrogen) atoms. The zero-order valence-corrected chi connectivity index (χ0v) is 10.3. The van der Waals surface area contributed by atoms with E-state index in [1.54, 1.807) is 30.3 Å². The van der Waals surface area contributed by atoms with Crippen LogP contribution < -0.4 is 0 Å². The molecule has 0 aliphatic carbocycles. The van der Waals surface area contributed by atoms with Gasteiger partial charge in [-0.15, -0.1) is 4.99 Å². The van der Waals surface area contributed by atoms with E-state index in [2.05, 4.69) is 15.0 Å². The third-order valence-corrected chi connectivity index (χ3v) is 2.92. The van der Waals surface area contributed by atoms with E-state index in [1.807, 2.05) is 18.2 Å². The molecular weight excluding hydrogens is 254 g/mol. The van der Waals surface area contributed by atoms with E-state index in [4.69, 9.17) is 0 Å². The van der Waals surface area contributed by atoms with Crippen molar-refractivity contribution in [3.63, 3.8) is 0 Å². The second-order valence-corrected chi connectivity index (χ2v) is 4.19. The molecule has 0 bridgehead atoms. The van der Waals surface area contributed by atoms with Crippen LogP contribution in [0.15, 0.2) is 53.5 Å². The highest BCUT2D eigenvalue weighted by Crippen LogP contribution is 2.19. The second kappa shape index (κ2) is 4.91. The maximum Gasteiger partial charge on any atom is 0.243 e. The summed E-state index contributed by atoms with van der Waals surface area (Å²) in [5, 5.41) is 0. The molecule has 0 aliphatic rings. The summed E-state index contributed by atoms with van der Waals surface area (Å²) in [7, 11) is 0. The minimum Gasteiger partial charge on any atom is -0.322 e. The third kappa shape index (κ3) is 2.13. The number of ketones is 1. The molecule has 0 atom stereocenters. The zero-order valence-electron chi connectivity index (χ0n) is 10.3. The summed E-state index contributed by atoms with van der Waals surface area (Å²) < 4.78 is 0. The van der Waals surface area contributed by atoms with Gasteiger partial charge in [0.25, 0.3) is 0 Å². The molecule has 1 N–H and O–H groups in total. The van der Waals surface area contributed by atoms with Gasteiger partial charge in [-0.05, 0) is 18.2 Å². The molecular formula is C15H9N3O2. The molecule has 0 radical (unpaired) electrons. The number of aromatic nitrogens is 2. The number of hydrogen-bond acceptors (Lipinski definition) is 4. The second-order valence-electron chi connectivity index (χ2n) is 4.19. The SMILES string of the molecule is O=C=Nc1nc2ccc(C(=O)c3ccccc3)cc2[nH]1. The highest BCUT2D eigenvalue weighted by Gasteiger charge is 2.10. The van der Waals surface area contributed by atoms with E-state index >= 15 is 0 Å². The van der Waals surface area contributed by atoms with Crippen LogP contribution in [0.25, 0.3) is 11.0 Å². The molecule has 2 aromatic carbocycles. The minimum atomic E-state index is -0.0671. The van der Waals surface area contributed by atoms with E-state index in [0.717, 1.165) is 0 Å². The zero-order chi connectivity index (χ0) is 13.9. The predicted molar refractivity (Wildman–Crippen MR) is 73.7 cm³/mol. The van der Waals surface area contributed by atoms with Gasteiger partial charge in [-0.25, -0.2) is 9.78 Å². The van der Waals surface area contributed by atoms with Crippen molar-refractivity contribution in [2.45, 2.75) is 0 Å². The number of aliphatic imine (C=N–C) groups is 1. The smallest absolute Gasteiger partial charge is 0.243 e. The number of carbonyl (C=O) groups excluding carboxylic acids is 2. The van der Waals surface area contributed by atoms with Crippen molar-refractivity contribution >= 4 is 28.8 Å². The molecule has 0 fully saturated rings. The van der Waals surface area contributed by atoms with E-state index < -0.39 is 0 Å². The van der Waals surface area contributed by atoms with Crippen LogP contribution in [0.4, 0.5) is 5.95 Å². The maximum absolute atomic E-state index is 12.3. The summed E-state index contributed by atoms with van der Waals surface area (Å²) >= 11 is 0. The quantitative estimate of drug-likeness (QED) is 0.448. The van der Waals surface area contributed by atoms with Crippen LogP contribution in [0, 0.1) is 0 Å². The summed E-state index contributed by atoms with van der Waals surface area (Å²) in [6.45, 7) is 0. The Morgan fingerprint density at radius 3 is 2.65 bits per heavy atom. The number of hydrogen-bond donors (Lipinski definition) is 1. The summed E-state index contributed by atoms with van der Waals surface area (Å²) in [6, 6.07) is 14.1. The number of carbonyl (C=O) groups is 1. The van der Waals surface area contributed by atoms with Gasteiger partial charge in [0.2, 0.25) is 12.0 Å². The number of imidazole rings is 1. The number of rotatable bonds is 3. The average molecular weight is 263 g/mol. The van der Waals surface area contributed by atoms with Gasteiger partial charge in [-0.3, -0.25) is 4.79 Å². The molecule has 5 heteroatoms. The van der Waals surface area contributed by atoms with Crippen LogP contribution in [0.5, 0.6) is 0 Å². The molecule has 0 spiro atoms. The van der Waals surface area contributed by atoms with Crippen molar-refractivity contribution in [3.8, 4) is 0 Å². The Morgan fingerprint density at radius 2 is 1.90 bits per heavy atom. The number of nitrogens with one attached hydrogen (secondary N) is 1. The Bertz CT molecular complexity index is 831. The molecule has 96 valence electrons. The van der Waals surface area contributed by atoms with Crippen molar-refractivity contribution in [1.29, 1.82) is 0 Å². The molecule has 1 heterocycles. The lowest BCUT2D eigenvalue weighted by molar-refractivity contribution is 0.103. The van der Waals surface area contributed by atoms with Crippen molar-refractivity contribution in [3.05, 3.63) is 59.7 Å². The maximum atomic E-state index is 12.3. The van der Waals surface area contributed by atoms with Gasteiger partial charge in [0.15, 0.2) is 5.78 Å². The van der Waals surface area contributed by atoms with Gasteiger partial charge in [0, 0.05) is 11.1 Å². The Labute approximate surface area is 114 Å².